The molecule has 108 valence electrons. The number of nitrogens with one attached hydrogen (secondary N) is 1. The van der Waals surface area contributed by atoms with E-state index in [1.165, 1.54) is 42.9 Å². The first-order valence-corrected chi connectivity index (χ1v) is 8.45. The van der Waals surface area contributed by atoms with Crippen molar-refractivity contribution < 1.29 is 0 Å². The molecule has 1 aliphatic heterocycles. The average molecular weight is 281 g/mol. The lowest BCUT2D eigenvalue weighted by atomic mass is 10.0. The Hall–Kier alpha value is -0.450. The molecule has 1 fully saturated rings. The maximum atomic E-state index is 4.89. The van der Waals surface area contributed by atoms with Gasteiger partial charge in [-0.2, -0.15) is 0 Å². The van der Waals surface area contributed by atoms with Gasteiger partial charge in [-0.3, -0.25) is 4.90 Å². The molecular formula is C15H27N3S. The normalized spacial score (nSPS) is 21.2. The summed E-state index contributed by atoms with van der Waals surface area (Å²) >= 11 is 1.86. The molecule has 1 aromatic heterocycles. The Bertz CT molecular complexity index is 375. The second kappa shape index (κ2) is 7.36. The zero-order valence-electron chi connectivity index (χ0n) is 12.5. The van der Waals surface area contributed by atoms with E-state index in [2.05, 4.69) is 29.4 Å². The molecule has 1 atom stereocenters. The maximum absolute atomic E-state index is 4.89. The van der Waals surface area contributed by atoms with Crippen LogP contribution in [0.15, 0.2) is 5.38 Å². The minimum Gasteiger partial charge on any atom is -0.320 e. The van der Waals surface area contributed by atoms with Gasteiger partial charge in [-0.15, -0.1) is 11.3 Å². The van der Waals surface area contributed by atoms with Crippen LogP contribution in [0.1, 0.15) is 56.3 Å². The van der Waals surface area contributed by atoms with Crippen LogP contribution in [0.4, 0.5) is 0 Å². The molecule has 2 rings (SSSR count). The van der Waals surface area contributed by atoms with Crippen LogP contribution in [0, 0.1) is 0 Å². The first kappa shape index (κ1) is 14.9. The van der Waals surface area contributed by atoms with E-state index in [0.717, 1.165) is 13.0 Å². The lowest BCUT2D eigenvalue weighted by Gasteiger charge is -2.37. The van der Waals surface area contributed by atoms with Crippen LogP contribution in [0.2, 0.25) is 0 Å². The molecule has 1 aliphatic rings. The van der Waals surface area contributed by atoms with E-state index < -0.39 is 0 Å². The Morgan fingerprint density at radius 3 is 3.05 bits per heavy atom. The van der Waals surface area contributed by atoms with E-state index in [4.69, 9.17) is 4.98 Å². The molecule has 0 amide bonds. The zero-order valence-corrected chi connectivity index (χ0v) is 13.3. The van der Waals surface area contributed by atoms with Crippen molar-refractivity contribution in [3.05, 3.63) is 16.1 Å². The molecule has 0 saturated carbocycles. The van der Waals surface area contributed by atoms with Gasteiger partial charge < -0.3 is 5.32 Å². The first-order valence-electron chi connectivity index (χ1n) is 7.57. The van der Waals surface area contributed by atoms with E-state index in [0.29, 0.717) is 12.1 Å². The number of piperidine rings is 1. The number of thiazole rings is 1. The summed E-state index contributed by atoms with van der Waals surface area (Å²) in [6, 6.07) is 1.19. The van der Waals surface area contributed by atoms with Crippen LogP contribution >= 0.6 is 11.3 Å². The number of aryl methyl sites for hydroxylation is 1. The Balaban J connectivity index is 1.99. The van der Waals surface area contributed by atoms with Crippen molar-refractivity contribution in [1.29, 1.82) is 0 Å². The fraction of sp³-hybridized carbons (Fsp3) is 0.800. The molecule has 3 nitrogen and oxygen atoms in total. The van der Waals surface area contributed by atoms with E-state index in [1.807, 2.05) is 18.4 Å². The van der Waals surface area contributed by atoms with Crippen LogP contribution in [0.25, 0.3) is 0 Å². The predicted molar refractivity (Wildman–Crippen MR) is 82.8 cm³/mol. The summed E-state index contributed by atoms with van der Waals surface area (Å²) in [6.07, 6.45) is 6.25. The second-order valence-corrected chi connectivity index (χ2v) is 6.62. The smallest absolute Gasteiger partial charge is 0.110 e. The highest BCUT2D eigenvalue weighted by Crippen LogP contribution is 2.34. The molecule has 4 heteroatoms. The molecule has 19 heavy (non-hydrogen) atoms. The fourth-order valence-corrected chi connectivity index (χ4v) is 3.88. The van der Waals surface area contributed by atoms with E-state index in [-0.39, 0.29) is 0 Å². The topological polar surface area (TPSA) is 28.2 Å². The first-order chi connectivity index (χ1) is 9.22. The highest BCUT2D eigenvalue weighted by Gasteiger charge is 2.27. The molecule has 0 aromatic carbocycles. The second-order valence-electron chi connectivity index (χ2n) is 5.73. The quantitative estimate of drug-likeness (QED) is 0.811. The highest BCUT2D eigenvalue weighted by molar-refractivity contribution is 7.09. The number of likely N-dealkylation sites (tertiary alicyclic amines) is 1. The van der Waals surface area contributed by atoms with E-state index in [9.17, 15) is 0 Å². The summed E-state index contributed by atoms with van der Waals surface area (Å²) in [5.74, 6) is 0. The zero-order chi connectivity index (χ0) is 13.7. The molecule has 1 aromatic rings. The fourth-order valence-electron chi connectivity index (χ4n) is 2.87. The summed E-state index contributed by atoms with van der Waals surface area (Å²) in [7, 11) is 2.01. The predicted octanol–water partition coefficient (Wildman–Crippen LogP) is 3.23. The molecular weight excluding hydrogens is 254 g/mol. The Morgan fingerprint density at radius 2 is 2.32 bits per heavy atom. The van der Waals surface area contributed by atoms with E-state index >= 15 is 0 Å². The van der Waals surface area contributed by atoms with Crippen LogP contribution < -0.4 is 5.32 Å². The molecule has 1 unspecified atom stereocenters. The molecule has 2 heterocycles. The minimum atomic E-state index is 0.566. The maximum Gasteiger partial charge on any atom is 0.110 e. The van der Waals surface area contributed by atoms with Crippen molar-refractivity contribution in [2.45, 2.75) is 58.0 Å². The average Bonchev–Trinajstić information content (AvgIpc) is 2.88. The largest absolute Gasteiger partial charge is 0.320 e. The molecule has 1 N–H and O–H groups in total. The Kier molecular flexibility index (Phi) is 5.79. The lowest BCUT2D eigenvalue weighted by Crippen LogP contribution is -2.38. The Labute approximate surface area is 121 Å². The van der Waals surface area contributed by atoms with Crippen molar-refractivity contribution in [2.24, 2.45) is 0 Å². The molecule has 0 spiro atoms. The van der Waals surface area contributed by atoms with Gasteiger partial charge in [0.05, 0.1) is 11.7 Å². The number of aromatic nitrogens is 1. The number of rotatable bonds is 6. The standard InChI is InChI=1S/C15H27N3S/c1-12(2)18-10-5-4-8-14(18)15-17-13(11-19-15)7-6-9-16-3/h11-12,14,16H,4-10H2,1-3H3. The van der Waals surface area contributed by atoms with Gasteiger partial charge in [0.1, 0.15) is 5.01 Å². The molecule has 0 aliphatic carbocycles. The number of hydrogen-bond acceptors (Lipinski definition) is 4. The number of nitrogens with zero attached hydrogens (tertiary/aromatic N) is 2. The number of hydrogen-bond donors (Lipinski definition) is 1. The summed E-state index contributed by atoms with van der Waals surface area (Å²) in [6.45, 7) is 6.92. The Morgan fingerprint density at radius 1 is 1.47 bits per heavy atom. The van der Waals surface area contributed by atoms with Gasteiger partial charge >= 0.3 is 0 Å². The van der Waals surface area contributed by atoms with Crippen molar-refractivity contribution >= 4 is 11.3 Å². The summed E-state index contributed by atoms with van der Waals surface area (Å²) in [5, 5.41) is 6.80. The highest BCUT2D eigenvalue weighted by atomic mass is 32.1. The van der Waals surface area contributed by atoms with Gasteiger partial charge in [-0.1, -0.05) is 6.42 Å². The third-order valence-electron chi connectivity index (χ3n) is 3.92. The SMILES string of the molecule is CNCCCc1csc(C2CCCCN2C(C)C)n1. The minimum absolute atomic E-state index is 0.566. The van der Waals surface area contributed by atoms with Crippen molar-refractivity contribution in [3.8, 4) is 0 Å². The van der Waals surface area contributed by atoms with Gasteiger partial charge in [0.2, 0.25) is 0 Å². The summed E-state index contributed by atoms with van der Waals surface area (Å²) < 4.78 is 0. The van der Waals surface area contributed by atoms with Crippen LogP contribution in [0.3, 0.4) is 0 Å². The molecule has 0 radical (unpaired) electrons. The summed E-state index contributed by atoms with van der Waals surface area (Å²) in [4.78, 5) is 7.51. The van der Waals surface area contributed by atoms with Crippen LogP contribution in [0.5, 0.6) is 0 Å². The van der Waals surface area contributed by atoms with Crippen molar-refractivity contribution in [3.63, 3.8) is 0 Å². The monoisotopic (exact) mass is 281 g/mol. The van der Waals surface area contributed by atoms with Crippen LogP contribution in [-0.2, 0) is 6.42 Å². The summed E-state index contributed by atoms with van der Waals surface area (Å²) in [5.41, 5.74) is 1.28. The third-order valence-corrected chi connectivity index (χ3v) is 4.92. The van der Waals surface area contributed by atoms with Gasteiger partial charge in [0.15, 0.2) is 0 Å². The third kappa shape index (κ3) is 4.01. The van der Waals surface area contributed by atoms with Crippen LogP contribution in [-0.4, -0.2) is 36.1 Å². The van der Waals surface area contributed by atoms with Gasteiger partial charge in [0, 0.05) is 11.4 Å². The molecule has 0 bridgehead atoms. The van der Waals surface area contributed by atoms with Crippen molar-refractivity contribution in [1.82, 2.24) is 15.2 Å². The van der Waals surface area contributed by atoms with Gasteiger partial charge in [-0.05, 0) is 59.7 Å². The van der Waals surface area contributed by atoms with E-state index in [1.54, 1.807) is 0 Å². The van der Waals surface area contributed by atoms with Gasteiger partial charge in [0.25, 0.3) is 0 Å². The van der Waals surface area contributed by atoms with Crippen molar-refractivity contribution in [2.75, 3.05) is 20.1 Å². The lowest BCUT2D eigenvalue weighted by molar-refractivity contribution is 0.112. The molecule has 1 saturated heterocycles. The van der Waals surface area contributed by atoms with Gasteiger partial charge in [-0.25, -0.2) is 4.98 Å².